The largest absolute Gasteiger partial charge is 0.234 e. The van der Waals surface area contributed by atoms with E-state index in [2.05, 4.69) is 33.6 Å². The summed E-state index contributed by atoms with van der Waals surface area (Å²) in [6.45, 7) is 0. The number of hydrogen-bond acceptors (Lipinski definition) is 4. The molecule has 0 bridgehead atoms. The van der Waals surface area contributed by atoms with Crippen LogP contribution in [0.3, 0.4) is 0 Å². The highest BCUT2D eigenvalue weighted by atomic mass is 35.5. The summed E-state index contributed by atoms with van der Waals surface area (Å²) >= 11 is 9.03. The average molecular weight is 255 g/mol. The Morgan fingerprint density at radius 3 is 3.00 bits per heavy atom. The van der Waals surface area contributed by atoms with Crippen LogP contribution in [0.4, 0.5) is 0 Å². The van der Waals surface area contributed by atoms with E-state index in [0.717, 1.165) is 10.8 Å². The van der Waals surface area contributed by atoms with E-state index in [1.807, 2.05) is 11.8 Å². The van der Waals surface area contributed by atoms with Crippen molar-refractivity contribution in [2.75, 3.05) is 5.75 Å². The molecule has 1 aromatic carbocycles. The predicted molar refractivity (Wildman–Crippen MR) is 63.9 cm³/mol. The molecule has 0 saturated heterocycles. The van der Waals surface area contributed by atoms with Crippen LogP contribution in [0.15, 0.2) is 29.2 Å². The molecule has 2 nitrogen and oxygen atoms in total. The van der Waals surface area contributed by atoms with Gasteiger partial charge in [0.15, 0.2) is 0 Å². The van der Waals surface area contributed by atoms with Crippen molar-refractivity contribution in [3.63, 3.8) is 0 Å². The second kappa shape index (κ2) is 3.77. The molecule has 1 aliphatic rings. The van der Waals surface area contributed by atoms with Crippen LogP contribution in [0.25, 0.3) is 0 Å². The molecule has 2 aromatic rings. The third-order valence-electron chi connectivity index (χ3n) is 2.41. The average Bonchev–Trinajstić information content (AvgIpc) is 2.83. The zero-order valence-corrected chi connectivity index (χ0v) is 10.1. The van der Waals surface area contributed by atoms with E-state index in [-0.39, 0.29) is 0 Å². The molecule has 5 heteroatoms. The van der Waals surface area contributed by atoms with Gasteiger partial charge in [-0.15, -0.1) is 11.8 Å². The van der Waals surface area contributed by atoms with Crippen LogP contribution in [-0.4, -0.2) is 15.1 Å². The molecule has 0 radical (unpaired) electrons. The van der Waals surface area contributed by atoms with Crippen molar-refractivity contribution in [2.45, 2.75) is 10.8 Å². The minimum atomic E-state index is 0.365. The molecule has 0 saturated carbocycles. The Morgan fingerprint density at radius 1 is 1.33 bits per heavy atom. The molecule has 0 spiro atoms. The summed E-state index contributed by atoms with van der Waals surface area (Å²) in [6.07, 6.45) is 0. The molecule has 0 N–H and O–H groups in total. The summed E-state index contributed by atoms with van der Waals surface area (Å²) in [4.78, 5) is 5.61. The molecule has 0 aliphatic carbocycles. The lowest BCUT2D eigenvalue weighted by Crippen LogP contribution is -1.97. The van der Waals surface area contributed by atoms with Gasteiger partial charge in [0.2, 0.25) is 5.28 Å². The minimum Gasteiger partial charge on any atom is -0.209 e. The normalized spacial score (nSPS) is 19.1. The van der Waals surface area contributed by atoms with Gasteiger partial charge in [0.05, 0.1) is 0 Å². The lowest BCUT2D eigenvalue weighted by Gasteiger charge is -2.04. The molecule has 0 fully saturated rings. The van der Waals surface area contributed by atoms with Gasteiger partial charge in [0, 0.05) is 16.6 Å². The van der Waals surface area contributed by atoms with Gasteiger partial charge in [-0.3, -0.25) is 0 Å². The van der Waals surface area contributed by atoms with Crippen molar-refractivity contribution in [2.24, 2.45) is 0 Å². The number of nitrogens with zero attached hydrogens (tertiary/aromatic N) is 2. The van der Waals surface area contributed by atoms with Crippen LogP contribution in [0, 0.1) is 0 Å². The second-order valence-electron chi connectivity index (χ2n) is 3.30. The number of hydrogen-bond donors (Lipinski definition) is 0. The fourth-order valence-electron chi connectivity index (χ4n) is 1.72. The van der Waals surface area contributed by atoms with Crippen molar-refractivity contribution < 1.29 is 0 Å². The maximum Gasteiger partial charge on any atom is 0.234 e. The smallest absolute Gasteiger partial charge is 0.209 e. The molecule has 1 atom stereocenters. The minimum absolute atomic E-state index is 0.365. The van der Waals surface area contributed by atoms with E-state index in [4.69, 9.17) is 11.6 Å². The Labute approximate surface area is 101 Å². The van der Waals surface area contributed by atoms with Gasteiger partial charge in [0.1, 0.15) is 5.01 Å². The monoisotopic (exact) mass is 254 g/mol. The van der Waals surface area contributed by atoms with E-state index in [1.54, 1.807) is 0 Å². The molecule has 15 heavy (non-hydrogen) atoms. The van der Waals surface area contributed by atoms with Gasteiger partial charge in [-0.25, -0.2) is 4.98 Å². The van der Waals surface area contributed by atoms with Crippen molar-refractivity contribution >= 4 is 34.9 Å². The van der Waals surface area contributed by atoms with Crippen molar-refractivity contribution in [3.8, 4) is 0 Å². The van der Waals surface area contributed by atoms with Crippen molar-refractivity contribution in [1.82, 2.24) is 9.36 Å². The van der Waals surface area contributed by atoms with Crippen molar-refractivity contribution in [1.29, 1.82) is 0 Å². The van der Waals surface area contributed by atoms with Crippen LogP contribution in [-0.2, 0) is 0 Å². The second-order valence-corrected chi connectivity index (χ2v) is 5.49. The third kappa shape index (κ3) is 1.67. The summed E-state index contributed by atoms with van der Waals surface area (Å²) in [7, 11) is 0. The summed E-state index contributed by atoms with van der Waals surface area (Å²) in [5.41, 5.74) is 1.36. The number of aromatic nitrogens is 2. The molecule has 1 unspecified atom stereocenters. The van der Waals surface area contributed by atoms with Crippen LogP contribution >= 0.6 is 34.9 Å². The SMILES string of the molecule is Clc1nsc(C2CSc3ccccc32)n1. The number of fused-ring (bicyclic) bond motifs is 1. The fraction of sp³-hybridized carbons (Fsp3) is 0.200. The first kappa shape index (κ1) is 9.63. The molecule has 1 aliphatic heterocycles. The zero-order chi connectivity index (χ0) is 10.3. The highest BCUT2D eigenvalue weighted by molar-refractivity contribution is 7.99. The van der Waals surface area contributed by atoms with E-state index in [0.29, 0.717) is 11.2 Å². The topological polar surface area (TPSA) is 25.8 Å². The van der Waals surface area contributed by atoms with E-state index in [9.17, 15) is 0 Å². The number of thioether (sulfide) groups is 1. The Balaban J connectivity index is 2.04. The van der Waals surface area contributed by atoms with Gasteiger partial charge in [-0.2, -0.15) is 4.37 Å². The molecular formula is C10H7ClN2S2. The molecule has 0 amide bonds. The Kier molecular flexibility index (Phi) is 2.42. The summed E-state index contributed by atoms with van der Waals surface area (Å²) < 4.78 is 4.02. The lowest BCUT2D eigenvalue weighted by atomic mass is 10.0. The first-order valence-electron chi connectivity index (χ1n) is 4.55. The molecule has 1 aromatic heterocycles. The van der Waals surface area contributed by atoms with Crippen molar-refractivity contribution in [3.05, 3.63) is 40.1 Å². The lowest BCUT2D eigenvalue weighted by molar-refractivity contribution is 0.918. The highest BCUT2D eigenvalue weighted by Gasteiger charge is 2.26. The molecule has 76 valence electrons. The van der Waals surface area contributed by atoms with Gasteiger partial charge in [0.25, 0.3) is 0 Å². The first-order chi connectivity index (χ1) is 7.34. The quantitative estimate of drug-likeness (QED) is 0.780. The Bertz CT molecular complexity index is 498. The maximum atomic E-state index is 5.75. The van der Waals surface area contributed by atoms with E-state index >= 15 is 0 Å². The van der Waals surface area contributed by atoms with E-state index in [1.165, 1.54) is 22.0 Å². The Hall–Kier alpha value is -0.580. The van der Waals surface area contributed by atoms with Gasteiger partial charge < -0.3 is 0 Å². The van der Waals surface area contributed by atoms with Gasteiger partial charge >= 0.3 is 0 Å². The molecular weight excluding hydrogens is 248 g/mol. The summed E-state index contributed by atoms with van der Waals surface area (Å²) in [6, 6.07) is 8.46. The van der Waals surface area contributed by atoms with Crippen LogP contribution in [0.5, 0.6) is 0 Å². The van der Waals surface area contributed by atoms with Crippen LogP contribution < -0.4 is 0 Å². The molecule has 2 heterocycles. The molecule has 3 rings (SSSR count). The number of benzene rings is 1. The standard InChI is InChI=1S/C10H7ClN2S2/c11-10-12-9(15-13-10)7-5-14-8-4-2-1-3-6(7)8/h1-4,7H,5H2. The summed E-state index contributed by atoms with van der Waals surface area (Å²) in [5, 5.41) is 1.39. The van der Waals surface area contributed by atoms with Gasteiger partial charge in [-0.1, -0.05) is 18.2 Å². The fourth-order valence-corrected chi connectivity index (χ4v) is 3.98. The first-order valence-corrected chi connectivity index (χ1v) is 6.69. The number of halogens is 1. The van der Waals surface area contributed by atoms with Crippen LogP contribution in [0.2, 0.25) is 5.28 Å². The summed E-state index contributed by atoms with van der Waals surface area (Å²) in [5.74, 6) is 1.42. The zero-order valence-electron chi connectivity index (χ0n) is 7.68. The predicted octanol–water partition coefficient (Wildman–Crippen LogP) is 3.43. The third-order valence-corrected chi connectivity index (χ3v) is 4.69. The number of rotatable bonds is 1. The maximum absolute atomic E-state index is 5.75. The Morgan fingerprint density at radius 2 is 2.20 bits per heavy atom. The van der Waals surface area contributed by atoms with Crippen LogP contribution in [0.1, 0.15) is 16.5 Å². The van der Waals surface area contributed by atoms with E-state index < -0.39 is 0 Å². The highest BCUT2D eigenvalue weighted by Crippen LogP contribution is 2.43. The van der Waals surface area contributed by atoms with Gasteiger partial charge in [-0.05, 0) is 34.8 Å².